The summed E-state index contributed by atoms with van der Waals surface area (Å²) >= 11 is 18.1. The first-order valence-corrected chi connectivity index (χ1v) is 9.36. The first-order chi connectivity index (χ1) is 12.7. The maximum atomic E-state index is 12.6. The second-order valence-electron chi connectivity index (χ2n) is 6.52. The van der Waals surface area contributed by atoms with Gasteiger partial charge in [-0.1, -0.05) is 46.4 Å². The van der Waals surface area contributed by atoms with Gasteiger partial charge in [-0.15, -0.1) is 0 Å². The molecule has 1 N–H and O–H groups in total. The molecule has 2 aromatic carbocycles. The number of benzene rings is 2. The predicted octanol–water partition coefficient (Wildman–Crippen LogP) is 5.53. The topological polar surface area (TPSA) is 51.1 Å². The number of halogens is 3. The van der Waals surface area contributed by atoms with Gasteiger partial charge in [0.05, 0.1) is 21.2 Å². The highest BCUT2D eigenvalue weighted by Crippen LogP contribution is 2.33. The Bertz CT molecular complexity index is 1110. The summed E-state index contributed by atoms with van der Waals surface area (Å²) in [6, 6.07) is 8.52. The first kappa shape index (κ1) is 19.7. The van der Waals surface area contributed by atoms with Crippen molar-refractivity contribution < 1.29 is 4.79 Å². The van der Waals surface area contributed by atoms with Crippen LogP contribution in [0.15, 0.2) is 35.1 Å². The Balaban J connectivity index is 2.02. The average molecular weight is 424 g/mol. The van der Waals surface area contributed by atoms with Crippen molar-refractivity contribution in [2.24, 2.45) is 0 Å². The molecule has 0 bridgehead atoms. The van der Waals surface area contributed by atoms with Gasteiger partial charge < -0.3 is 5.32 Å². The molecule has 0 fully saturated rings. The zero-order valence-corrected chi connectivity index (χ0v) is 17.3. The van der Waals surface area contributed by atoms with Gasteiger partial charge in [-0.25, -0.2) is 0 Å². The van der Waals surface area contributed by atoms with E-state index in [0.29, 0.717) is 5.02 Å². The minimum Gasteiger partial charge on any atom is -0.322 e. The summed E-state index contributed by atoms with van der Waals surface area (Å²) in [5.74, 6) is -0.409. The highest BCUT2D eigenvalue weighted by molar-refractivity contribution is 6.42. The minimum atomic E-state index is -0.409. The van der Waals surface area contributed by atoms with Crippen molar-refractivity contribution in [3.8, 4) is 0 Å². The molecular formula is C20H17Cl3N2O2. The smallest absolute Gasteiger partial charge is 0.251 e. The number of carbonyl (C=O) groups excluding carboxylic acids is 1. The lowest BCUT2D eigenvalue weighted by Crippen LogP contribution is -2.28. The number of nitrogens with zero attached hydrogens (tertiary/aromatic N) is 1. The molecule has 0 unspecified atom stereocenters. The normalized spacial score (nSPS) is 11.0. The van der Waals surface area contributed by atoms with E-state index in [1.807, 2.05) is 32.9 Å². The van der Waals surface area contributed by atoms with Crippen LogP contribution in [0.25, 0.3) is 10.9 Å². The average Bonchev–Trinajstić information content (AvgIpc) is 2.54. The van der Waals surface area contributed by atoms with E-state index in [4.69, 9.17) is 34.8 Å². The van der Waals surface area contributed by atoms with Crippen LogP contribution in [0.2, 0.25) is 15.1 Å². The quantitative estimate of drug-likeness (QED) is 0.602. The molecule has 1 amide bonds. The summed E-state index contributed by atoms with van der Waals surface area (Å²) in [5.41, 5.74) is 3.68. The molecule has 0 atom stereocenters. The molecule has 1 aromatic heterocycles. The van der Waals surface area contributed by atoms with Gasteiger partial charge in [0, 0.05) is 16.5 Å². The molecular weight excluding hydrogens is 407 g/mol. The number of anilines is 1. The summed E-state index contributed by atoms with van der Waals surface area (Å²) in [6.45, 7) is 5.66. The Morgan fingerprint density at radius 3 is 2.22 bits per heavy atom. The monoisotopic (exact) mass is 422 g/mol. The Labute approximate surface area is 171 Å². The van der Waals surface area contributed by atoms with Crippen LogP contribution in [0.1, 0.15) is 16.7 Å². The zero-order valence-electron chi connectivity index (χ0n) is 15.0. The van der Waals surface area contributed by atoms with Crippen LogP contribution in [0.3, 0.4) is 0 Å². The SMILES string of the molecule is Cc1cc(C)c2c(c1)c(C)cc(=O)n2CC(=O)Nc1c(Cl)cc(Cl)cc1Cl. The Morgan fingerprint density at radius 1 is 0.963 bits per heavy atom. The Hall–Kier alpha value is -2.01. The fourth-order valence-corrected chi connectivity index (χ4v) is 4.12. The second-order valence-corrected chi connectivity index (χ2v) is 7.77. The standard InChI is InChI=1S/C20H17Cl3N2O2/c1-10-4-12(3)20-14(5-10)11(2)6-18(27)25(20)9-17(26)24-19-15(22)7-13(21)8-16(19)23/h4-8H,9H2,1-3H3,(H,24,26). The van der Waals surface area contributed by atoms with Gasteiger partial charge in [-0.2, -0.15) is 0 Å². The lowest BCUT2D eigenvalue weighted by atomic mass is 10.0. The first-order valence-electron chi connectivity index (χ1n) is 8.23. The van der Waals surface area contributed by atoms with Crippen molar-refractivity contribution in [2.75, 3.05) is 5.32 Å². The number of hydrogen-bond donors (Lipinski definition) is 1. The number of rotatable bonds is 3. The highest BCUT2D eigenvalue weighted by atomic mass is 35.5. The number of nitrogens with one attached hydrogen (secondary N) is 1. The summed E-state index contributed by atoms with van der Waals surface area (Å²) in [4.78, 5) is 25.2. The van der Waals surface area contributed by atoms with Gasteiger partial charge in [-0.3, -0.25) is 14.2 Å². The van der Waals surface area contributed by atoms with E-state index in [2.05, 4.69) is 5.32 Å². The maximum Gasteiger partial charge on any atom is 0.251 e. The van der Waals surface area contributed by atoms with Gasteiger partial charge in [0.1, 0.15) is 6.54 Å². The third kappa shape index (κ3) is 3.98. The van der Waals surface area contributed by atoms with Crippen molar-refractivity contribution in [3.63, 3.8) is 0 Å². The van der Waals surface area contributed by atoms with Crippen molar-refractivity contribution in [1.29, 1.82) is 0 Å². The molecule has 0 aliphatic heterocycles. The number of fused-ring (bicyclic) bond motifs is 1. The minimum absolute atomic E-state index is 0.158. The summed E-state index contributed by atoms with van der Waals surface area (Å²) < 4.78 is 1.46. The van der Waals surface area contributed by atoms with E-state index >= 15 is 0 Å². The molecule has 0 aliphatic carbocycles. The van der Waals surface area contributed by atoms with Crippen LogP contribution in [0.5, 0.6) is 0 Å². The third-order valence-electron chi connectivity index (χ3n) is 4.32. The van der Waals surface area contributed by atoms with Crippen LogP contribution in [0.4, 0.5) is 5.69 Å². The third-order valence-corrected chi connectivity index (χ3v) is 5.13. The lowest BCUT2D eigenvalue weighted by Gasteiger charge is -2.16. The maximum absolute atomic E-state index is 12.6. The summed E-state index contributed by atoms with van der Waals surface area (Å²) in [7, 11) is 0. The highest BCUT2D eigenvalue weighted by Gasteiger charge is 2.15. The molecule has 1 heterocycles. The Kier molecular flexibility index (Phi) is 5.52. The van der Waals surface area contributed by atoms with Crippen LogP contribution in [0, 0.1) is 20.8 Å². The van der Waals surface area contributed by atoms with Crippen molar-refractivity contribution in [2.45, 2.75) is 27.3 Å². The molecule has 4 nitrogen and oxygen atoms in total. The molecule has 3 aromatic rings. The number of aryl methyl sites for hydroxylation is 3. The summed E-state index contributed by atoms with van der Waals surface area (Å²) in [5, 5.41) is 4.45. The van der Waals surface area contributed by atoms with Crippen LogP contribution >= 0.6 is 34.8 Å². The number of carbonyl (C=O) groups is 1. The molecule has 27 heavy (non-hydrogen) atoms. The molecule has 7 heteroatoms. The van der Waals surface area contributed by atoms with E-state index in [9.17, 15) is 9.59 Å². The van der Waals surface area contributed by atoms with Crippen molar-refractivity contribution in [1.82, 2.24) is 4.57 Å². The van der Waals surface area contributed by atoms with Crippen molar-refractivity contribution >= 4 is 57.3 Å². The van der Waals surface area contributed by atoms with E-state index in [0.717, 1.165) is 27.6 Å². The van der Waals surface area contributed by atoms with E-state index in [1.165, 1.54) is 22.8 Å². The van der Waals surface area contributed by atoms with E-state index < -0.39 is 5.91 Å². The molecule has 0 saturated carbocycles. The molecule has 140 valence electrons. The van der Waals surface area contributed by atoms with Gasteiger partial charge in [-0.05, 0) is 50.1 Å². The molecule has 0 radical (unpaired) electrons. The molecule has 0 aliphatic rings. The zero-order chi connectivity index (χ0) is 19.9. The predicted molar refractivity (Wildman–Crippen MR) is 113 cm³/mol. The summed E-state index contributed by atoms with van der Waals surface area (Å²) in [6.07, 6.45) is 0. The van der Waals surface area contributed by atoms with Gasteiger partial charge in [0.25, 0.3) is 5.56 Å². The van der Waals surface area contributed by atoms with Gasteiger partial charge in [0.15, 0.2) is 0 Å². The fraction of sp³-hybridized carbons (Fsp3) is 0.200. The molecule has 0 saturated heterocycles. The number of pyridine rings is 1. The fourth-order valence-electron chi connectivity index (χ4n) is 3.21. The van der Waals surface area contributed by atoms with Crippen molar-refractivity contribution in [3.05, 3.63) is 72.4 Å². The lowest BCUT2D eigenvalue weighted by molar-refractivity contribution is -0.116. The van der Waals surface area contributed by atoms with E-state index in [-0.39, 0.29) is 27.8 Å². The second kappa shape index (κ2) is 7.55. The van der Waals surface area contributed by atoms with Gasteiger partial charge in [0.2, 0.25) is 5.91 Å². The largest absolute Gasteiger partial charge is 0.322 e. The molecule has 3 rings (SSSR count). The number of amides is 1. The number of aromatic nitrogens is 1. The van der Waals surface area contributed by atoms with E-state index in [1.54, 1.807) is 0 Å². The molecule has 0 spiro atoms. The van der Waals surface area contributed by atoms with Gasteiger partial charge >= 0.3 is 0 Å². The van der Waals surface area contributed by atoms with Crippen LogP contribution in [-0.4, -0.2) is 10.5 Å². The van der Waals surface area contributed by atoms with Crippen LogP contribution < -0.4 is 10.9 Å². The van der Waals surface area contributed by atoms with Crippen LogP contribution in [-0.2, 0) is 11.3 Å². The number of hydrogen-bond acceptors (Lipinski definition) is 2. The Morgan fingerprint density at radius 2 is 1.59 bits per heavy atom.